The predicted molar refractivity (Wildman–Crippen MR) is 108 cm³/mol. The average molecular weight is 419 g/mol. The van der Waals surface area contributed by atoms with E-state index in [1.165, 1.54) is 13.8 Å². The van der Waals surface area contributed by atoms with Crippen LogP contribution >= 0.6 is 11.8 Å². The molecule has 0 saturated heterocycles. The topological polar surface area (TPSA) is 130 Å². The van der Waals surface area contributed by atoms with Gasteiger partial charge in [-0.2, -0.15) is 0 Å². The smallest absolute Gasteiger partial charge is 0.317 e. The van der Waals surface area contributed by atoms with Gasteiger partial charge in [0, 0.05) is 32.9 Å². The van der Waals surface area contributed by atoms with E-state index in [1.807, 2.05) is 0 Å². The first kappa shape index (κ1) is 24.3. The lowest BCUT2D eigenvalue weighted by molar-refractivity contribution is -0.138. The van der Waals surface area contributed by atoms with E-state index in [1.54, 1.807) is 0 Å². The summed E-state index contributed by atoms with van der Waals surface area (Å²) in [7, 11) is 0. The molecule has 0 aromatic rings. The maximum Gasteiger partial charge on any atom is 0.317 e. The number of ketones is 3. The minimum Gasteiger partial charge on any atom is -0.480 e. The second kappa shape index (κ2) is 15.2. The first-order valence-corrected chi connectivity index (χ1v) is 10.4. The number of aliphatic carboxylic acids is 1. The molecular weight excluding hydrogens is 384 g/mol. The Hall–Kier alpha value is -1.74. The molecule has 0 aliphatic carbocycles. The van der Waals surface area contributed by atoms with Crippen LogP contribution in [0.25, 0.3) is 0 Å². The fourth-order valence-corrected chi connectivity index (χ4v) is 3.41. The second-order valence-corrected chi connectivity index (χ2v) is 7.80. The average Bonchev–Trinajstić information content (AvgIpc) is 2.62. The van der Waals surface area contributed by atoms with Gasteiger partial charge in [-0.25, -0.2) is 0 Å². The third kappa shape index (κ3) is 13.4. The Morgan fingerprint density at radius 1 is 1.11 bits per heavy atom. The van der Waals surface area contributed by atoms with Crippen molar-refractivity contribution in [3.05, 3.63) is 0 Å². The molecule has 28 heavy (non-hydrogen) atoms. The molecule has 1 amide bonds. The van der Waals surface area contributed by atoms with Crippen molar-refractivity contribution in [2.24, 2.45) is 0 Å². The van der Waals surface area contributed by atoms with Gasteiger partial charge in [-0.3, -0.25) is 24.5 Å². The number of carboxylic acid groups (broad SMARTS) is 1. The summed E-state index contributed by atoms with van der Waals surface area (Å²) in [5.74, 6) is -1.68. The van der Waals surface area contributed by atoms with Gasteiger partial charge in [0.2, 0.25) is 5.91 Å². The van der Waals surface area contributed by atoms with Gasteiger partial charge in [0.25, 0.3) is 0 Å². The number of hydrogen-bond acceptors (Lipinski definition) is 7. The molecule has 3 N–H and O–H groups in total. The number of hydrogen-bond donors (Lipinski definition) is 3. The molecule has 2 unspecified atom stereocenters. The SMILES string of the molecule is [3H]CCC(=O)CNC(CSC(CC(=O)NCCCCCC(C)=O)C(=O)O)C(C)=O. The van der Waals surface area contributed by atoms with Crippen LogP contribution in [0.2, 0.25) is 0 Å². The number of Topliss-reactive ketones (excluding diaryl/α,β-unsaturated/α-hetero) is 3. The zero-order chi connectivity index (χ0) is 22.2. The lowest BCUT2D eigenvalue weighted by atomic mass is 10.1. The van der Waals surface area contributed by atoms with Crippen LogP contribution in [0.15, 0.2) is 0 Å². The molecule has 0 aliphatic heterocycles. The largest absolute Gasteiger partial charge is 0.480 e. The summed E-state index contributed by atoms with van der Waals surface area (Å²) in [6.45, 7) is 3.23. The number of amides is 1. The molecule has 0 bridgehead atoms. The van der Waals surface area contributed by atoms with Crippen molar-refractivity contribution in [2.75, 3.05) is 18.8 Å². The van der Waals surface area contributed by atoms with Gasteiger partial charge in [0.15, 0.2) is 0 Å². The van der Waals surface area contributed by atoms with Crippen LogP contribution in [-0.4, -0.2) is 64.5 Å². The van der Waals surface area contributed by atoms with Gasteiger partial charge >= 0.3 is 5.97 Å². The van der Waals surface area contributed by atoms with Gasteiger partial charge in [-0.15, -0.1) is 11.8 Å². The summed E-state index contributed by atoms with van der Waals surface area (Å²) in [4.78, 5) is 57.5. The summed E-state index contributed by atoms with van der Waals surface area (Å²) in [6, 6.07) is -0.694. The normalized spacial score (nSPS) is 13.3. The highest BCUT2D eigenvalue weighted by atomic mass is 32.2. The van der Waals surface area contributed by atoms with E-state index in [4.69, 9.17) is 1.37 Å². The van der Waals surface area contributed by atoms with Gasteiger partial charge in [-0.1, -0.05) is 13.3 Å². The fraction of sp³-hybridized carbons (Fsp3) is 0.737. The Labute approximate surface area is 172 Å². The summed E-state index contributed by atoms with van der Waals surface area (Å²) in [6.07, 6.45) is 2.69. The highest BCUT2D eigenvalue weighted by Gasteiger charge is 2.24. The summed E-state index contributed by atoms with van der Waals surface area (Å²) in [5.41, 5.74) is 0. The van der Waals surface area contributed by atoms with Crippen LogP contribution < -0.4 is 10.6 Å². The quantitative estimate of drug-likeness (QED) is 0.302. The summed E-state index contributed by atoms with van der Waals surface area (Å²) < 4.78 is 7.01. The fourth-order valence-electron chi connectivity index (χ4n) is 2.22. The third-order valence-corrected chi connectivity index (χ3v) is 5.25. The summed E-state index contributed by atoms with van der Waals surface area (Å²) >= 11 is 0.980. The highest BCUT2D eigenvalue weighted by Crippen LogP contribution is 2.17. The van der Waals surface area contributed by atoms with Gasteiger partial charge in [0.1, 0.15) is 22.6 Å². The first-order chi connectivity index (χ1) is 13.7. The van der Waals surface area contributed by atoms with Crippen molar-refractivity contribution in [3.63, 3.8) is 0 Å². The molecule has 2 atom stereocenters. The van der Waals surface area contributed by atoms with Crippen molar-refractivity contribution in [3.8, 4) is 0 Å². The highest BCUT2D eigenvalue weighted by molar-refractivity contribution is 8.00. The molecule has 0 aromatic carbocycles. The second-order valence-electron chi connectivity index (χ2n) is 6.56. The van der Waals surface area contributed by atoms with Crippen molar-refractivity contribution < 1.29 is 30.4 Å². The van der Waals surface area contributed by atoms with E-state index >= 15 is 0 Å². The Kier molecular flexibility index (Phi) is 13.2. The number of unbranched alkanes of at least 4 members (excludes halogenated alkanes) is 2. The summed E-state index contributed by atoms with van der Waals surface area (Å²) in [5, 5.41) is 13.8. The maximum absolute atomic E-state index is 12.0. The lowest BCUT2D eigenvalue weighted by Gasteiger charge is -2.18. The molecule has 0 saturated carbocycles. The van der Waals surface area contributed by atoms with Crippen molar-refractivity contribution in [1.82, 2.24) is 10.6 Å². The molecule has 0 fully saturated rings. The maximum atomic E-state index is 12.0. The monoisotopic (exact) mass is 418 g/mol. The van der Waals surface area contributed by atoms with E-state index in [2.05, 4.69) is 10.6 Å². The Morgan fingerprint density at radius 3 is 2.39 bits per heavy atom. The number of carboxylic acids is 1. The Bertz CT molecular complexity index is 573. The van der Waals surface area contributed by atoms with Crippen LogP contribution in [0.1, 0.15) is 60.6 Å². The molecule has 9 heteroatoms. The number of nitrogens with one attached hydrogen (secondary N) is 2. The first-order valence-electron chi connectivity index (χ1n) is 10.0. The minimum atomic E-state index is -1.14. The van der Waals surface area contributed by atoms with E-state index in [9.17, 15) is 29.1 Å². The number of rotatable bonds is 17. The molecule has 0 aliphatic rings. The Morgan fingerprint density at radius 2 is 1.82 bits per heavy atom. The number of thioether (sulfide) groups is 1. The minimum absolute atomic E-state index is 0.0209. The molecule has 160 valence electrons. The van der Waals surface area contributed by atoms with Crippen LogP contribution in [-0.2, 0) is 24.0 Å². The predicted octanol–water partition coefficient (Wildman–Crippen LogP) is 1.35. The zero-order valence-corrected chi connectivity index (χ0v) is 17.4. The van der Waals surface area contributed by atoms with Crippen molar-refractivity contribution >= 4 is 41.0 Å². The van der Waals surface area contributed by atoms with E-state index in [-0.39, 0.29) is 55.3 Å². The molecule has 0 radical (unpaired) electrons. The van der Waals surface area contributed by atoms with Crippen molar-refractivity contribution in [1.29, 1.82) is 0 Å². The van der Waals surface area contributed by atoms with Crippen LogP contribution in [0, 0.1) is 0 Å². The zero-order valence-electron chi connectivity index (χ0n) is 17.6. The third-order valence-electron chi connectivity index (χ3n) is 3.95. The number of carbonyl (C=O) groups is 5. The van der Waals surface area contributed by atoms with E-state index in [0.717, 1.165) is 24.6 Å². The van der Waals surface area contributed by atoms with Crippen LogP contribution in [0.4, 0.5) is 0 Å². The van der Waals surface area contributed by atoms with Crippen molar-refractivity contribution in [2.45, 2.75) is 70.6 Å². The molecule has 0 spiro atoms. The van der Waals surface area contributed by atoms with Gasteiger partial charge < -0.3 is 15.2 Å². The molecule has 0 aromatic heterocycles. The molecule has 0 heterocycles. The molecule has 8 nitrogen and oxygen atoms in total. The number of carbonyl (C=O) groups excluding carboxylic acids is 4. The van der Waals surface area contributed by atoms with Gasteiger partial charge in [0.05, 0.1) is 12.6 Å². The molecular formula is C19H32N2O6S. The lowest BCUT2D eigenvalue weighted by Crippen LogP contribution is -2.41. The molecule has 0 rings (SSSR count). The van der Waals surface area contributed by atoms with Crippen LogP contribution in [0.3, 0.4) is 0 Å². The van der Waals surface area contributed by atoms with E-state index < -0.39 is 17.3 Å². The van der Waals surface area contributed by atoms with Crippen LogP contribution in [0.5, 0.6) is 0 Å². The van der Waals surface area contributed by atoms with Gasteiger partial charge in [-0.05, 0) is 26.7 Å². The van der Waals surface area contributed by atoms with E-state index in [0.29, 0.717) is 19.4 Å². The Balaban J connectivity index is 4.34. The standard InChI is InChI=1S/C19H32N2O6S/c1-4-15(24)11-21-16(14(3)23)12-28-17(19(26)27)10-18(25)20-9-7-5-6-8-13(2)22/h16-17,21H,4-12H2,1-3H3,(H,20,25)(H,26,27)/i1T.